The highest BCUT2D eigenvalue weighted by Gasteiger charge is 2.12. The Kier molecular flexibility index (Phi) is 6.34. The molecule has 3 aromatic carbocycles. The molecule has 1 amide bonds. The van der Waals surface area contributed by atoms with Gasteiger partial charge >= 0.3 is 0 Å². The molecule has 1 heterocycles. The van der Waals surface area contributed by atoms with E-state index in [1.165, 1.54) is 35.2 Å². The summed E-state index contributed by atoms with van der Waals surface area (Å²) in [6.07, 6.45) is 0. The highest BCUT2D eigenvalue weighted by molar-refractivity contribution is 8.00. The van der Waals surface area contributed by atoms with Gasteiger partial charge in [0.05, 0.1) is 4.92 Å². The molecule has 4 rings (SSSR count). The van der Waals surface area contributed by atoms with E-state index in [9.17, 15) is 14.9 Å². The van der Waals surface area contributed by atoms with Crippen LogP contribution in [0, 0.1) is 10.1 Å². The van der Waals surface area contributed by atoms with Crippen molar-refractivity contribution < 1.29 is 9.72 Å². The molecule has 31 heavy (non-hydrogen) atoms. The summed E-state index contributed by atoms with van der Waals surface area (Å²) in [6, 6.07) is 23.8. The Morgan fingerprint density at radius 1 is 0.968 bits per heavy atom. The fourth-order valence-electron chi connectivity index (χ4n) is 2.84. The van der Waals surface area contributed by atoms with E-state index < -0.39 is 4.92 Å². The SMILES string of the molecule is O=C(Nc1nnc(SCc2cccc([N+](=O)[O-])c2)s1)c1ccc(-c2ccccc2)cc1. The Balaban J connectivity index is 1.36. The van der Waals surface area contributed by atoms with Crippen molar-refractivity contribution >= 4 is 39.8 Å². The number of thioether (sulfide) groups is 1. The van der Waals surface area contributed by atoms with Crippen LogP contribution in [0.25, 0.3) is 11.1 Å². The predicted molar refractivity (Wildman–Crippen MR) is 122 cm³/mol. The first-order valence-electron chi connectivity index (χ1n) is 9.25. The molecule has 0 bridgehead atoms. The maximum absolute atomic E-state index is 12.5. The fraction of sp³-hybridized carbons (Fsp3) is 0.0455. The van der Waals surface area contributed by atoms with Crippen LogP contribution in [0.1, 0.15) is 15.9 Å². The molecule has 1 N–H and O–H groups in total. The van der Waals surface area contributed by atoms with Crippen molar-refractivity contribution in [1.82, 2.24) is 10.2 Å². The zero-order chi connectivity index (χ0) is 21.6. The molecule has 0 atom stereocenters. The van der Waals surface area contributed by atoms with E-state index in [-0.39, 0.29) is 11.6 Å². The van der Waals surface area contributed by atoms with Crippen LogP contribution in [0.15, 0.2) is 83.2 Å². The molecule has 0 fully saturated rings. The van der Waals surface area contributed by atoms with Gasteiger partial charge in [-0.1, -0.05) is 77.7 Å². The lowest BCUT2D eigenvalue weighted by atomic mass is 10.0. The number of rotatable bonds is 7. The average molecular weight is 449 g/mol. The third kappa shape index (κ3) is 5.33. The Hall–Kier alpha value is -3.56. The fourth-order valence-corrected chi connectivity index (χ4v) is 4.53. The van der Waals surface area contributed by atoms with Gasteiger partial charge in [-0.25, -0.2) is 0 Å². The summed E-state index contributed by atoms with van der Waals surface area (Å²) in [4.78, 5) is 23.0. The van der Waals surface area contributed by atoms with Gasteiger partial charge in [-0.05, 0) is 28.8 Å². The molecular formula is C22H16N4O3S2. The minimum atomic E-state index is -0.418. The molecule has 4 aromatic rings. The number of carbonyl (C=O) groups excluding carboxylic acids is 1. The van der Waals surface area contributed by atoms with E-state index in [1.807, 2.05) is 48.5 Å². The summed E-state index contributed by atoms with van der Waals surface area (Å²) >= 11 is 2.67. The number of nitro benzene ring substituents is 1. The molecule has 0 spiro atoms. The second-order valence-corrected chi connectivity index (χ2v) is 8.69. The van der Waals surface area contributed by atoms with Crippen LogP contribution in [0.4, 0.5) is 10.8 Å². The molecule has 0 radical (unpaired) electrons. The van der Waals surface area contributed by atoms with E-state index in [0.717, 1.165) is 16.7 Å². The van der Waals surface area contributed by atoms with Gasteiger partial charge in [0.2, 0.25) is 5.13 Å². The number of aromatic nitrogens is 2. The zero-order valence-corrected chi connectivity index (χ0v) is 17.7. The first-order chi connectivity index (χ1) is 15.1. The lowest BCUT2D eigenvalue weighted by molar-refractivity contribution is -0.384. The molecule has 0 saturated heterocycles. The quantitative estimate of drug-likeness (QED) is 0.170. The van der Waals surface area contributed by atoms with Gasteiger partial charge in [-0.3, -0.25) is 20.2 Å². The smallest absolute Gasteiger partial charge is 0.269 e. The second-order valence-electron chi connectivity index (χ2n) is 6.49. The Morgan fingerprint density at radius 3 is 2.45 bits per heavy atom. The molecule has 7 nitrogen and oxygen atoms in total. The van der Waals surface area contributed by atoms with E-state index in [4.69, 9.17) is 0 Å². The molecule has 1 aromatic heterocycles. The van der Waals surface area contributed by atoms with Crippen molar-refractivity contribution in [1.29, 1.82) is 0 Å². The molecule has 0 aliphatic rings. The third-order valence-corrected chi connectivity index (χ3v) is 6.41. The summed E-state index contributed by atoms with van der Waals surface area (Å²) in [5.41, 5.74) is 3.53. The summed E-state index contributed by atoms with van der Waals surface area (Å²) in [6.45, 7) is 0. The summed E-state index contributed by atoms with van der Waals surface area (Å²) in [7, 11) is 0. The molecule has 0 aliphatic heterocycles. The summed E-state index contributed by atoms with van der Waals surface area (Å²) in [5.74, 6) is 0.261. The van der Waals surface area contributed by atoms with Gasteiger partial charge in [-0.2, -0.15) is 0 Å². The average Bonchev–Trinajstić information content (AvgIpc) is 3.26. The maximum Gasteiger partial charge on any atom is 0.269 e. The normalized spacial score (nSPS) is 10.6. The van der Waals surface area contributed by atoms with Gasteiger partial charge in [0.25, 0.3) is 11.6 Å². The zero-order valence-electron chi connectivity index (χ0n) is 16.1. The van der Waals surface area contributed by atoms with E-state index >= 15 is 0 Å². The van der Waals surface area contributed by atoms with Gasteiger partial charge < -0.3 is 0 Å². The third-order valence-electron chi connectivity index (χ3n) is 4.36. The Morgan fingerprint density at radius 2 is 1.71 bits per heavy atom. The van der Waals surface area contributed by atoms with Crippen molar-refractivity contribution in [3.63, 3.8) is 0 Å². The molecule has 0 aliphatic carbocycles. The lowest BCUT2D eigenvalue weighted by Gasteiger charge is -2.04. The largest absolute Gasteiger partial charge is 0.296 e. The number of hydrogen-bond donors (Lipinski definition) is 1. The summed E-state index contributed by atoms with van der Waals surface area (Å²) in [5, 5.41) is 22.1. The minimum absolute atomic E-state index is 0.0570. The molecule has 9 heteroatoms. The maximum atomic E-state index is 12.5. The minimum Gasteiger partial charge on any atom is -0.296 e. The van der Waals surface area contributed by atoms with E-state index in [1.54, 1.807) is 18.2 Å². The van der Waals surface area contributed by atoms with Crippen LogP contribution in [0.2, 0.25) is 0 Å². The number of benzene rings is 3. The van der Waals surface area contributed by atoms with Crippen LogP contribution in [-0.4, -0.2) is 21.0 Å². The number of amides is 1. The van der Waals surface area contributed by atoms with Gasteiger partial charge in [0.1, 0.15) is 0 Å². The predicted octanol–water partition coefficient (Wildman–Crippen LogP) is 5.66. The highest BCUT2D eigenvalue weighted by Crippen LogP contribution is 2.29. The number of carbonyl (C=O) groups is 1. The standard InChI is InChI=1S/C22H16N4O3S2/c27-20(18-11-9-17(10-12-18)16-6-2-1-3-7-16)23-21-24-25-22(31-21)30-14-15-5-4-8-19(13-15)26(28)29/h1-13H,14H2,(H,23,24,27). The van der Waals surface area contributed by atoms with Crippen molar-refractivity contribution in [2.24, 2.45) is 0 Å². The van der Waals surface area contributed by atoms with Crippen molar-refractivity contribution in [3.05, 3.63) is 100 Å². The Bertz CT molecular complexity index is 1210. The topological polar surface area (TPSA) is 98.0 Å². The van der Waals surface area contributed by atoms with Gasteiger partial charge in [-0.15, -0.1) is 10.2 Å². The van der Waals surface area contributed by atoms with Crippen LogP contribution < -0.4 is 5.32 Å². The van der Waals surface area contributed by atoms with Crippen molar-refractivity contribution in [2.75, 3.05) is 5.32 Å². The molecular weight excluding hydrogens is 432 g/mol. The number of hydrogen-bond acceptors (Lipinski definition) is 7. The lowest BCUT2D eigenvalue weighted by Crippen LogP contribution is -2.11. The first kappa shape index (κ1) is 20.7. The van der Waals surface area contributed by atoms with Crippen molar-refractivity contribution in [2.45, 2.75) is 10.1 Å². The number of nitrogens with one attached hydrogen (secondary N) is 1. The van der Waals surface area contributed by atoms with Crippen LogP contribution in [0.5, 0.6) is 0 Å². The molecule has 0 unspecified atom stereocenters. The van der Waals surface area contributed by atoms with E-state index in [2.05, 4.69) is 15.5 Å². The van der Waals surface area contributed by atoms with E-state index in [0.29, 0.717) is 20.8 Å². The van der Waals surface area contributed by atoms with Crippen LogP contribution in [-0.2, 0) is 5.75 Å². The number of non-ortho nitro benzene ring substituents is 1. The number of anilines is 1. The Labute approximate surface area is 186 Å². The number of nitro groups is 1. The molecule has 154 valence electrons. The molecule has 0 saturated carbocycles. The first-order valence-corrected chi connectivity index (χ1v) is 11.1. The number of nitrogens with zero attached hydrogens (tertiary/aromatic N) is 3. The van der Waals surface area contributed by atoms with Gasteiger partial charge in [0.15, 0.2) is 4.34 Å². The monoisotopic (exact) mass is 448 g/mol. The van der Waals surface area contributed by atoms with Crippen molar-refractivity contribution in [3.8, 4) is 11.1 Å². The van der Waals surface area contributed by atoms with Crippen LogP contribution >= 0.6 is 23.1 Å². The van der Waals surface area contributed by atoms with Crippen LogP contribution in [0.3, 0.4) is 0 Å². The second kappa shape index (κ2) is 9.50. The summed E-state index contributed by atoms with van der Waals surface area (Å²) < 4.78 is 0.668. The van der Waals surface area contributed by atoms with Gasteiger partial charge in [0, 0.05) is 23.4 Å². The highest BCUT2D eigenvalue weighted by atomic mass is 32.2.